The fraction of sp³-hybridized carbons (Fsp3) is 0.355. The van der Waals surface area contributed by atoms with Crippen molar-refractivity contribution in [2.75, 3.05) is 13.7 Å². The summed E-state index contributed by atoms with van der Waals surface area (Å²) in [6.07, 6.45) is 6.43. The lowest BCUT2D eigenvalue weighted by Gasteiger charge is -2.11. The lowest BCUT2D eigenvalue weighted by Crippen LogP contribution is -2.34. The van der Waals surface area contributed by atoms with Gasteiger partial charge in [0.1, 0.15) is 28.5 Å². The molecule has 1 amide bonds. The summed E-state index contributed by atoms with van der Waals surface area (Å²) in [5.41, 5.74) is -0.481. The van der Waals surface area contributed by atoms with Gasteiger partial charge in [0.15, 0.2) is 11.5 Å². The number of rotatable bonds is 13. The molecule has 40 heavy (non-hydrogen) atoms. The van der Waals surface area contributed by atoms with Crippen LogP contribution in [0.3, 0.4) is 0 Å². The van der Waals surface area contributed by atoms with Gasteiger partial charge in [-0.2, -0.15) is 5.26 Å². The smallest absolute Gasteiger partial charge is 0.354 e. The molecule has 1 N–H and O–H groups in total. The van der Waals surface area contributed by atoms with Gasteiger partial charge >= 0.3 is 11.6 Å². The minimum atomic E-state index is -0.885. The van der Waals surface area contributed by atoms with E-state index in [1.54, 1.807) is 24.3 Å². The molecule has 3 rings (SSSR count). The van der Waals surface area contributed by atoms with E-state index in [1.165, 1.54) is 31.4 Å². The van der Waals surface area contributed by atoms with Gasteiger partial charge in [0.2, 0.25) is 0 Å². The minimum Gasteiger partial charge on any atom is -0.493 e. The number of esters is 1. The summed E-state index contributed by atoms with van der Waals surface area (Å²) < 4.78 is 21.9. The molecule has 1 atom stereocenters. The molecule has 1 heterocycles. The Morgan fingerprint density at radius 1 is 1.07 bits per heavy atom. The van der Waals surface area contributed by atoms with Crippen molar-refractivity contribution < 1.29 is 28.2 Å². The van der Waals surface area contributed by atoms with Crippen LogP contribution in [0.4, 0.5) is 0 Å². The van der Waals surface area contributed by atoms with Gasteiger partial charge in [0, 0.05) is 17.5 Å². The van der Waals surface area contributed by atoms with Crippen molar-refractivity contribution in [1.82, 2.24) is 5.32 Å². The van der Waals surface area contributed by atoms with Gasteiger partial charge in [-0.15, -0.1) is 0 Å². The Morgan fingerprint density at radius 3 is 2.58 bits per heavy atom. The number of unbranched alkanes of at least 4 members (excludes halogenated alkanes) is 3. The summed E-state index contributed by atoms with van der Waals surface area (Å²) in [5.74, 6) is -0.272. The Balaban J connectivity index is 1.75. The second-order valence-corrected chi connectivity index (χ2v) is 9.31. The van der Waals surface area contributed by atoms with Gasteiger partial charge in [-0.05, 0) is 61.7 Å². The first kappa shape index (κ1) is 30.0. The fourth-order valence-corrected chi connectivity index (χ4v) is 3.79. The Kier molecular flexibility index (Phi) is 10.9. The van der Waals surface area contributed by atoms with Crippen LogP contribution in [0.15, 0.2) is 57.2 Å². The highest BCUT2D eigenvalue weighted by Gasteiger charge is 2.17. The second-order valence-electron chi connectivity index (χ2n) is 9.31. The number of hydrogen-bond acceptors (Lipinski definition) is 8. The van der Waals surface area contributed by atoms with E-state index in [9.17, 15) is 19.6 Å². The van der Waals surface area contributed by atoms with Crippen molar-refractivity contribution >= 4 is 28.9 Å². The van der Waals surface area contributed by atoms with Crippen molar-refractivity contribution in [1.29, 1.82) is 5.26 Å². The Morgan fingerprint density at radius 2 is 1.88 bits per heavy atom. The number of hydrogen-bond donors (Lipinski definition) is 1. The number of nitrogens with zero attached hydrogens (tertiary/aromatic N) is 1. The zero-order valence-electron chi connectivity index (χ0n) is 23.2. The minimum absolute atomic E-state index is 0.0722. The number of carbonyl (C=O) groups excluding carboxylic acids is 2. The molecule has 0 saturated heterocycles. The van der Waals surface area contributed by atoms with Crippen molar-refractivity contribution in [3.63, 3.8) is 0 Å². The van der Waals surface area contributed by atoms with Crippen molar-refractivity contribution in [3.05, 3.63) is 69.6 Å². The molecular weight excluding hydrogens is 512 g/mol. The first-order valence-corrected chi connectivity index (χ1v) is 13.3. The van der Waals surface area contributed by atoms with E-state index in [1.807, 2.05) is 19.9 Å². The monoisotopic (exact) mass is 546 g/mol. The summed E-state index contributed by atoms with van der Waals surface area (Å²) in [7, 11) is 1.52. The largest absolute Gasteiger partial charge is 0.493 e. The van der Waals surface area contributed by atoms with Crippen LogP contribution in [-0.2, 0) is 4.79 Å². The molecule has 2 aromatic carbocycles. The summed E-state index contributed by atoms with van der Waals surface area (Å²) in [6, 6.07) is 12.7. The number of methoxy groups -OCH3 is 1. The molecule has 9 nitrogen and oxygen atoms in total. The lowest BCUT2D eigenvalue weighted by atomic mass is 10.1. The van der Waals surface area contributed by atoms with E-state index >= 15 is 0 Å². The molecule has 0 aliphatic carbocycles. The maximum atomic E-state index is 12.8. The molecule has 0 aliphatic rings. The van der Waals surface area contributed by atoms with Gasteiger partial charge < -0.3 is 23.9 Å². The molecule has 1 unspecified atom stereocenters. The van der Waals surface area contributed by atoms with Crippen LogP contribution < -0.4 is 25.2 Å². The average molecular weight is 547 g/mol. The average Bonchev–Trinajstić information content (AvgIpc) is 2.95. The quantitative estimate of drug-likeness (QED) is 0.0711. The first-order chi connectivity index (χ1) is 19.3. The second kappa shape index (κ2) is 14.5. The summed E-state index contributed by atoms with van der Waals surface area (Å²) >= 11 is 0. The Hall–Kier alpha value is -4.58. The predicted octanol–water partition coefficient (Wildman–Crippen LogP) is 5.80. The topological polar surface area (TPSA) is 128 Å². The third-order valence-electron chi connectivity index (χ3n) is 6.25. The number of fused-ring (bicyclic) bond motifs is 1. The van der Waals surface area contributed by atoms with E-state index < -0.39 is 17.5 Å². The van der Waals surface area contributed by atoms with E-state index in [4.69, 9.17) is 18.6 Å². The van der Waals surface area contributed by atoms with Crippen molar-refractivity contribution in [2.45, 2.75) is 58.9 Å². The molecule has 210 valence electrons. The van der Waals surface area contributed by atoms with Gasteiger partial charge in [0.25, 0.3) is 5.91 Å². The summed E-state index contributed by atoms with van der Waals surface area (Å²) in [4.78, 5) is 37.6. The Labute approximate surface area is 233 Å². The summed E-state index contributed by atoms with van der Waals surface area (Å²) in [6.45, 7) is 6.47. The zero-order valence-corrected chi connectivity index (χ0v) is 23.2. The van der Waals surface area contributed by atoms with Gasteiger partial charge in [0.05, 0.1) is 13.7 Å². The molecule has 0 bridgehead atoms. The SMILES string of the molecule is CCCCCCOc1ccc(/C=C(\C#N)C(=O)Oc2ccc3cc(C(=O)NC(C)CC)c(=O)oc3c2)cc1OC. The number of nitrogens with one attached hydrogen (secondary N) is 1. The van der Waals surface area contributed by atoms with Crippen LogP contribution in [0.5, 0.6) is 17.2 Å². The summed E-state index contributed by atoms with van der Waals surface area (Å²) in [5, 5.41) is 12.8. The molecule has 0 spiro atoms. The highest BCUT2D eigenvalue weighted by Crippen LogP contribution is 2.29. The van der Waals surface area contributed by atoms with E-state index in [-0.39, 0.29) is 28.5 Å². The van der Waals surface area contributed by atoms with Gasteiger partial charge in [-0.25, -0.2) is 9.59 Å². The van der Waals surface area contributed by atoms with Crippen LogP contribution in [0, 0.1) is 11.3 Å². The predicted molar refractivity (Wildman–Crippen MR) is 152 cm³/mol. The van der Waals surface area contributed by atoms with E-state index in [2.05, 4.69) is 12.2 Å². The zero-order chi connectivity index (χ0) is 29.1. The molecule has 0 fully saturated rings. The number of benzene rings is 2. The van der Waals surface area contributed by atoms with Crippen LogP contribution in [0.25, 0.3) is 17.0 Å². The maximum Gasteiger partial charge on any atom is 0.354 e. The Bertz CT molecular complexity index is 1480. The van der Waals surface area contributed by atoms with Crippen molar-refractivity contribution in [3.8, 4) is 23.3 Å². The fourth-order valence-electron chi connectivity index (χ4n) is 3.79. The molecular formula is C31H34N2O7. The third-order valence-corrected chi connectivity index (χ3v) is 6.25. The van der Waals surface area contributed by atoms with Crippen LogP contribution in [-0.4, -0.2) is 31.6 Å². The lowest BCUT2D eigenvalue weighted by molar-refractivity contribution is -0.129. The molecule has 1 aromatic heterocycles. The first-order valence-electron chi connectivity index (χ1n) is 13.3. The third kappa shape index (κ3) is 7.96. The van der Waals surface area contributed by atoms with Crippen LogP contribution >= 0.6 is 0 Å². The standard InChI is InChI=1S/C31H34N2O7/c1-5-7-8-9-14-38-26-13-10-21(16-28(26)37-4)15-23(19-32)30(35)39-24-12-11-22-17-25(29(34)33-20(3)6-2)31(36)40-27(22)18-24/h10-13,15-18,20H,5-9,14H2,1-4H3,(H,33,34)/b23-15+. The van der Waals surface area contributed by atoms with E-state index in [0.29, 0.717) is 35.5 Å². The van der Waals surface area contributed by atoms with Gasteiger partial charge in [-0.1, -0.05) is 39.2 Å². The molecule has 0 aliphatic heterocycles. The number of amides is 1. The van der Waals surface area contributed by atoms with E-state index in [0.717, 1.165) is 25.7 Å². The normalized spacial score (nSPS) is 11.9. The number of ether oxygens (including phenoxy) is 3. The number of nitriles is 1. The van der Waals surface area contributed by atoms with Crippen molar-refractivity contribution in [2.24, 2.45) is 0 Å². The highest BCUT2D eigenvalue weighted by molar-refractivity contribution is 6.00. The number of carbonyl (C=O) groups is 2. The maximum absolute atomic E-state index is 12.8. The molecule has 9 heteroatoms. The van der Waals surface area contributed by atoms with Crippen LogP contribution in [0.2, 0.25) is 0 Å². The molecule has 0 radical (unpaired) electrons. The van der Waals surface area contributed by atoms with Gasteiger partial charge in [-0.3, -0.25) is 4.79 Å². The molecule has 3 aromatic rings. The highest BCUT2D eigenvalue weighted by atomic mass is 16.5. The molecule has 0 saturated carbocycles. The van der Waals surface area contributed by atoms with Crippen LogP contribution in [0.1, 0.15) is 68.8 Å².